The Morgan fingerprint density at radius 1 is 1.22 bits per heavy atom. The van der Waals surface area contributed by atoms with Gasteiger partial charge in [0.05, 0.1) is 0 Å². The normalized spacial score (nSPS) is 30.4. The van der Waals surface area contributed by atoms with Crippen molar-refractivity contribution in [3.63, 3.8) is 0 Å². The Hall–Kier alpha value is -1.61. The van der Waals surface area contributed by atoms with Crippen molar-refractivity contribution in [2.75, 3.05) is 0 Å². The summed E-state index contributed by atoms with van der Waals surface area (Å²) < 4.78 is 5.42. The molecule has 2 bridgehead atoms. The van der Waals surface area contributed by atoms with Gasteiger partial charge in [-0.25, -0.2) is 4.79 Å². The van der Waals surface area contributed by atoms with Crippen molar-refractivity contribution in [3.05, 3.63) is 48.0 Å². The van der Waals surface area contributed by atoms with Crippen molar-refractivity contribution < 1.29 is 14.6 Å². The van der Waals surface area contributed by atoms with Crippen LogP contribution in [0.5, 0.6) is 0 Å². The lowest BCUT2D eigenvalue weighted by Gasteiger charge is -2.20. The van der Waals surface area contributed by atoms with E-state index in [1.807, 2.05) is 6.07 Å². The average Bonchev–Trinajstić information content (AvgIpc) is 3.01. The summed E-state index contributed by atoms with van der Waals surface area (Å²) in [6.45, 7) is 0. The van der Waals surface area contributed by atoms with Crippen LogP contribution in [0.25, 0.3) is 0 Å². The SMILES string of the molecule is O=C(O[C@H]1C[C@@H]2C=C[C@H]1C2)[C@@H](O)c1ccccc1. The average molecular weight is 244 g/mol. The first-order chi connectivity index (χ1) is 8.74. The number of rotatable bonds is 3. The molecule has 4 atom stereocenters. The summed E-state index contributed by atoms with van der Waals surface area (Å²) in [4.78, 5) is 11.9. The molecule has 0 aliphatic heterocycles. The van der Waals surface area contributed by atoms with E-state index < -0.39 is 12.1 Å². The Morgan fingerprint density at radius 2 is 2.00 bits per heavy atom. The third kappa shape index (κ3) is 2.06. The first-order valence-corrected chi connectivity index (χ1v) is 6.36. The summed E-state index contributed by atoms with van der Waals surface area (Å²) in [6, 6.07) is 8.90. The van der Waals surface area contributed by atoms with E-state index in [0.29, 0.717) is 17.4 Å². The van der Waals surface area contributed by atoms with Crippen LogP contribution >= 0.6 is 0 Å². The van der Waals surface area contributed by atoms with Gasteiger partial charge in [0, 0.05) is 5.92 Å². The van der Waals surface area contributed by atoms with Gasteiger partial charge in [-0.05, 0) is 24.3 Å². The Balaban J connectivity index is 1.63. The first-order valence-electron chi connectivity index (χ1n) is 6.36. The highest BCUT2D eigenvalue weighted by atomic mass is 16.6. The van der Waals surface area contributed by atoms with Crippen LogP contribution in [0, 0.1) is 11.8 Å². The molecule has 0 radical (unpaired) electrons. The highest BCUT2D eigenvalue weighted by Gasteiger charge is 2.39. The fourth-order valence-corrected chi connectivity index (χ4v) is 2.85. The molecule has 2 aliphatic rings. The predicted octanol–water partition coefficient (Wildman–Crippen LogP) is 2.23. The number of carbonyl (C=O) groups excluding carboxylic acids is 1. The van der Waals surface area contributed by atoms with Gasteiger partial charge in [-0.3, -0.25) is 0 Å². The maximum atomic E-state index is 11.9. The number of allylic oxidation sites excluding steroid dienone is 1. The minimum Gasteiger partial charge on any atom is -0.460 e. The molecule has 0 saturated heterocycles. The quantitative estimate of drug-likeness (QED) is 0.655. The molecule has 3 heteroatoms. The minimum absolute atomic E-state index is 0.0501. The molecule has 1 fully saturated rings. The molecule has 0 spiro atoms. The van der Waals surface area contributed by atoms with Gasteiger partial charge in [0.15, 0.2) is 6.10 Å². The molecule has 1 aromatic rings. The number of fused-ring (bicyclic) bond motifs is 2. The molecule has 1 saturated carbocycles. The largest absolute Gasteiger partial charge is 0.460 e. The fourth-order valence-electron chi connectivity index (χ4n) is 2.85. The molecular weight excluding hydrogens is 228 g/mol. The highest BCUT2D eigenvalue weighted by Crippen LogP contribution is 2.41. The van der Waals surface area contributed by atoms with Crippen LogP contribution < -0.4 is 0 Å². The topological polar surface area (TPSA) is 46.5 Å². The molecule has 0 aromatic heterocycles. The van der Waals surface area contributed by atoms with Gasteiger partial charge in [0.2, 0.25) is 0 Å². The number of hydrogen-bond acceptors (Lipinski definition) is 3. The fraction of sp³-hybridized carbons (Fsp3) is 0.400. The van der Waals surface area contributed by atoms with Gasteiger partial charge in [-0.2, -0.15) is 0 Å². The zero-order valence-electron chi connectivity index (χ0n) is 10.0. The van der Waals surface area contributed by atoms with Crippen LogP contribution in [0.2, 0.25) is 0 Å². The number of aliphatic hydroxyl groups is 1. The van der Waals surface area contributed by atoms with Crippen LogP contribution in [0.3, 0.4) is 0 Å². The lowest BCUT2D eigenvalue weighted by atomic mass is 10.0. The van der Waals surface area contributed by atoms with Crippen molar-refractivity contribution in [1.82, 2.24) is 0 Å². The maximum Gasteiger partial charge on any atom is 0.339 e. The van der Waals surface area contributed by atoms with Crippen molar-refractivity contribution >= 4 is 5.97 Å². The molecule has 18 heavy (non-hydrogen) atoms. The van der Waals surface area contributed by atoms with E-state index in [2.05, 4.69) is 12.2 Å². The maximum absolute atomic E-state index is 11.9. The van der Waals surface area contributed by atoms with E-state index in [1.165, 1.54) is 0 Å². The van der Waals surface area contributed by atoms with Crippen molar-refractivity contribution in [2.24, 2.45) is 11.8 Å². The smallest absolute Gasteiger partial charge is 0.339 e. The highest BCUT2D eigenvalue weighted by molar-refractivity contribution is 5.76. The van der Waals surface area contributed by atoms with E-state index >= 15 is 0 Å². The zero-order chi connectivity index (χ0) is 12.5. The lowest BCUT2D eigenvalue weighted by Crippen LogP contribution is -2.26. The third-order valence-corrected chi connectivity index (χ3v) is 3.82. The molecule has 0 amide bonds. The number of hydrogen-bond donors (Lipinski definition) is 1. The van der Waals surface area contributed by atoms with Gasteiger partial charge in [0.25, 0.3) is 0 Å². The van der Waals surface area contributed by atoms with Gasteiger partial charge in [-0.1, -0.05) is 42.5 Å². The molecule has 0 heterocycles. The monoisotopic (exact) mass is 244 g/mol. The first kappa shape index (κ1) is 11.5. The van der Waals surface area contributed by atoms with Crippen LogP contribution in [-0.4, -0.2) is 17.2 Å². The summed E-state index contributed by atoms with van der Waals surface area (Å²) in [7, 11) is 0. The number of benzene rings is 1. The van der Waals surface area contributed by atoms with Crippen molar-refractivity contribution in [1.29, 1.82) is 0 Å². The molecule has 3 rings (SSSR count). The summed E-state index contributed by atoms with van der Waals surface area (Å²) in [5.41, 5.74) is 0.584. The number of ether oxygens (including phenoxy) is 1. The number of carbonyl (C=O) groups is 1. The molecule has 94 valence electrons. The van der Waals surface area contributed by atoms with Gasteiger partial charge < -0.3 is 9.84 Å². The molecule has 0 unspecified atom stereocenters. The van der Waals surface area contributed by atoms with E-state index in [0.717, 1.165) is 12.8 Å². The van der Waals surface area contributed by atoms with Crippen molar-refractivity contribution in [2.45, 2.75) is 25.0 Å². The second-order valence-electron chi connectivity index (χ2n) is 5.07. The minimum atomic E-state index is -1.17. The standard InChI is InChI=1S/C15H16O3/c16-14(11-4-2-1-3-5-11)15(17)18-13-9-10-6-7-12(13)8-10/h1-7,10,12-14,16H,8-9H2/t10-,12+,13+,14+/m1/s1. The molecular formula is C15H16O3. The van der Waals surface area contributed by atoms with Crippen LogP contribution in [0.4, 0.5) is 0 Å². The van der Waals surface area contributed by atoms with E-state index in [4.69, 9.17) is 4.74 Å². The van der Waals surface area contributed by atoms with Crippen molar-refractivity contribution in [3.8, 4) is 0 Å². The third-order valence-electron chi connectivity index (χ3n) is 3.82. The Bertz CT molecular complexity index is 466. The summed E-state index contributed by atoms with van der Waals surface area (Å²) >= 11 is 0. The molecule has 3 nitrogen and oxygen atoms in total. The van der Waals surface area contributed by atoms with E-state index in [1.54, 1.807) is 24.3 Å². The predicted molar refractivity (Wildman–Crippen MR) is 66.6 cm³/mol. The Labute approximate surface area is 106 Å². The van der Waals surface area contributed by atoms with E-state index in [9.17, 15) is 9.90 Å². The van der Waals surface area contributed by atoms with Crippen LogP contribution in [0.1, 0.15) is 24.5 Å². The Kier molecular flexibility index (Phi) is 2.92. The lowest BCUT2D eigenvalue weighted by molar-refractivity contribution is -0.160. The zero-order valence-corrected chi connectivity index (χ0v) is 10.0. The van der Waals surface area contributed by atoms with Crippen LogP contribution in [0.15, 0.2) is 42.5 Å². The van der Waals surface area contributed by atoms with E-state index in [-0.39, 0.29) is 6.10 Å². The van der Waals surface area contributed by atoms with Gasteiger partial charge >= 0.3 is 5.97 Å². The number of esters is 1. The Morgan fingerprint density at radius 3 is 2.61 bits per heavy atom. The summed E-state index contributed by atoms with van der Waals surface area (Å²) in [5, 5.41) is 9.93. The summed E-state index contributed by atoms with van der Waals surface area (Å²) in [5.74, 6) is 0.371. The van der Waals surface area contributed by atoms with Crippen LogP contribution in [-0.2, 0) is 9.53 Å². The molecule has 2 aliphatic carbocycles. The molecule has 1 N–H and O–H groups in total. The molecule has 1 aromatic carbocycles. The summed E-state index contributed by atoms with van der Waals surface area (Å²) in [6.07, 6.45) is 5.08. The second kappa shape index (κ2) is 4.58. The number of aliphatic hydroxyl groups excluding tert-OH is 1. The van der Waals surface area contributed by atoms with Gasteiger partial charge in [0.1, 0.15) is 6.10 Å². The second-order valence-corrected chi connectivity index (χ2v) is 5.07. The van der Waals surface area contributed by atoms with Gasteiger partial charge in [-0.15, -0.1) is 0 Å².